The first-order valence-corrected chi connectivity index (χ1v) is 9.76. The summed E-state index contributed by atoms with van der Waals surface area (Å²) in [6.07, 6.45) is -1.68. The van der Waals surface area contributed by atoms with E-state index in [4.69, 9.17) is 11.6 Å². The molecule has 0 spiro atoms. The van der Waals surface area contributed by atoms with Gasteiger partial charge < -0.3 is 4.57 Å². The minimum Gasteiger partial charge on any atom is -0.318 e. The summed E-state index contributed by atoms with van der Waals surface area (Å²) in [4.78, 5) is 16.3. The molecule has 2 aromatic heterocycles. The van der Waals surface area contributed by atoms with Gasteiger partial charge in [0.15, 0.2) is 5.13 Å². The summed E-state index contributed by atoms with van der Waals surface area (Å²) in [7, 11) is 0. The fourth-order valence-electron chi connectivity index (χ4n) is 2.95. The van der Waals surface area contributed by atoms with Crippen molar-refractivity contribution in [3.63, 3.8) is 0 Å². The Morgan fingerprint density at radius 2 is 2.07 bits per heavy atom. The number of carbonyl (C=O) groups is 1. The molecule has 0 fully saturated rings. The molecule has 1 N–H and O–H groups in total. The van der Waals surface area contributed by atoms with Gasteiger partial charge in [0.2, 0.25) is 0 Å². The lowest BCUT2D eigenvalue weighted by molar-refractivity contribution is -0.137. The Kier molecular flexibility index (Phi) is 6.01. The van der Waals surface area contributed by atoms with Crippen LogP contribution in [0.15, 0.2) is 41.4 Å². The molecule has 1 aromatic carbocycles. The number of aryl methyl sites for hydroxylation is 1. The summed E-state index contributed by atoms with van der Waals surface area (Å²) >= 11 is 6.92. The molecule has 10 heteroatoms. The zero-order valence-corrected chi connectivity index (χ0v) is 17.3. The van der Waals surface area contributed by atoms with Gasteiger partial charge in [0.05, 0.1) is 10.6 Å². The lowest BCUT2D eigenvalue weighted by Gasteiger charge is -2.14. The first-order chi connectivity index (χ1) is 14.1. The number of carbonyl (C=O) groups excluding carboxylic acids is 1. The van der Waals surface area contributed by atoms with Gasteiger partial charge in [-0.2, -0.15) is 18.4 Å². The molecule has 154 valence electrons. The van der Waals surface area contributed by atoms with Gasteiger partial charge in [0, 0.05) is 28.7 Å². The Morgan fingerprint density at radius 1 is 1.33 bits per heavy atom. The smallest absolute Gasteiger partial charge is 0.318 e. The van der Waals surface area contributed by atoms with Crippen molar-refractivity contribution in [2.45, 2.75) is 20.0 Å². The van der Waals surface area contributed by atoms with E-state index in [-0.39, 0.29) is 16.3 Å². The number of nitrogens with one attached hydrogen (secondary N) is 1. The number of benzene rings is 1. The topological polar surface area (TPSA) is 70.7 Å². The van der Waals surface area contributed by atoms with Gasteiger partial charge in [0.25, 0.3) is 5.91 Å². The Balaban J connectivity index is 2.01. The zero-order chi connectivity index (χ0) is 22.1. The van der Waals surface area contributed by atoms with Gasteiger partial charge in [-0.15, -0.1) is 11.3 Å². The van der Waals surface area contributed by atoms with Crippen LogP contribution in [0.4, 0.5) is 18.3 Å². The van der Waals surface area contributed by atoms with Crippen LogP contribution in [0.2, 0.25) is 5.02 Å². The lowest BCUT2D eigenvalue weighted by atomic mass is 10.1. The molecule has 0 bridgehead atoms. The maximum Gasteiger partial charge on any atom is 0.417 e. The molecule has 0 atom stereocenters. The summed E-state index contributed by atoms with van der Waals surface area (Å²) < 4.78 is 41.3. The van der Waals surface area contributed by atoms with Crippen LogP contribution in [0.3, 0.4) is 0 Å². The minimum atomic E-state index is -4.59. The molecular formula is C20H14ClF3N4OS. The molecule has 3 rings (SSSR count). The summed E-state index contributed by atoms with van der Waals surface area (Å²) in [5, 5.41) is 13.6. The highest BCUT2D eigenvalue weighted by Gasteiger charge is 2.33. The number of hydrogen-bond donors (Lipinski definition) is 1. The maximum absolute atomic E-state index is 13.2. The Bertz CT molecular complexity index is 1170. The molecule has 0 saturated heterocycles. The van der Waals surface area contributed by atoms with Gasteiger partial charge in [-0.05, 0) is 49.8 Å². The predicted octanol–water partition coefficient (Wildman–Crippen LogP) is 5.77. The standard InChI is InChI=1S/C20H14ClF3N4OS/c1-11-7-13(8-14(10-25)18(29)27-19-26-5-6-30-19)12(2)28(11)15-3-4-17(21)16(9-15)20(22,23)24/h3-9H,1-2H3,(H,26,27,29). The molecule has 0 radical (unpaired) electrons. The highest BCUT2D eigenvalue weighted by molar-refractivity contribution is 7.13. The first-order valence-electron chi connectivity index (χ1n) is 8.50. The summed E-state index contributed by atoms with van der Waals surface area (Å²) in [6, 6.07) is 7.17. The van der Waals surface area contributed by atoms with E-state index < -0.39 is 17.6 Å². The van der Waals surface area contributed by atoms with Crippen molar-refractivity contribution < 1.29 is 18.0 Å². The SMILES string of the molecule is Cc1cc(C=C(C#N)C(=O)Nc2nccs2)c(C)n1-c1ccc(Cl)c(C(F)(F)F)c1. The van der Waals surface area contributed by atoms with Gasteiger partial charge in [-0.25, -0.2) is 4.98 Å². The van der Waals surface area contributed by atoms with Crippen LogP contribution in [0.5, 0.6) is 0 Å². The number of thiazole rings is 1. The molecule has 30 heavy (non-hydrogen) atoms. The molecule has 0 unspecified atom stereocenters. The second-order valence-electron chi connectivity index (χ2n) is 6.28. The van der Waals surface area contributed by atoms with E-state index in [1.165, 1.54) is 35.7 Å². The van der Waals surface area contributed by atoms with Crippen molar-refractivity contribution in [1.29, 1.82) is 5.26 Å². The Labute approximate surface area is 179 Å². The van der Waals surface area contributed by atoms with Gasteiger partial charge in [-0.1, -0.05) is 11.6 Å². The first kappa shape index (κ1) is 21.6. The maximum atomic E-state index is 13.2. The van der Waals surface area contributed by atoms with E-state index >= 15 is 0 Å². The normalized spacial score (nSPS) is 12.0. The van der Waals surface area contributed by atoms with Gasteiger partial charge >= 0.3 is 6.18 Å². The van der Waals surface area contributed by atoms with Crippen LogP contribution in [0, 0.1) is 25.2 Å². The van der Waals surface area contributed by atoms with Crippen molar-refractivity contribution in [3.8, 4) is 11.8 Å². The third-order valence-corrected chi connectivity index (χ3v) is 5.32. The number of halogens is 4. The molecule has 5 nitrogen and oxygen atoms in total. The van der Waals surface area contributed by atoms with Crippen molar-refractivity contribution in [1.82, 2.24) is 9.55 Å². The third kappa shape index (κ3) is 4.40. The van der Waals surface area contributed by atoms with Crippen molar-refractivity contribution in [3.05, 3.63) is 69.0 Å². The van der Waals surface area contributed by atoms with Crippen molar-refractivity contribution in [2.75, 3.05) is 5.32 Å². The molecule has 2 heterocycles. The second-order valence-corrected chi connectivity index (χ2v) is 7.59. The average molecular weight is 451 g/mol. The molecule has 0 aliphatic heterocycles. The lowest BCUT2D eigenvalue weighted by Crippen LogP contribution is -2.13. The monoisotopic (exact) mass is 450 g/mol. The van der Waals surface area contributed by atoms with E-state index in [1.54, 1.807) is 29.9 Å². The summed E-state index contributed by atoms with van der Waals surface area (Å²) in [5.74, 6) is -0.622. The van der Waals surface area contributed by atoms with Crippen LogP contribution < -0.4 is 5.32 Å². The number of hydrogen-bond acceptors (Lipinski definition) is 4. The molecule has 1 amide bonds. The number of anilines is 1. The van der Waals surface area contributed by atoms with Gasteiger partial charge in [0.1, 0.15) is 11.6 Å². The Hall–Kier alpha value is -3.09. The molecule has 0 saturated carbocycles. The summed E-state index contributed by atoms with van der Waals surface area (Å²) in [5.41, 5.74) is 0.905. The van der Waals surface area contributed by atoms with Crippen LogP contribution in [-0.4, -0.2) is 15.5 Å². The molecule has 3 aromatic rings. The highest BCUT2D eigenvalue weighted by atomic mass is 35.5. The molecule has 0 aliphatic carbocycles. The van der Waals surface area contributed by atoms with Crippen LogP contribution >= 0.6 is 22.9 Å². The van der Waals surface area contributed by atoms with E-state index in [9.17, 15) is 23.2 Å². The van der Waals surface area contributed by atoms with E-state index in [2.05, 4.69) is 10.3 Å². The van der Waals surface area contributed by atoms with Crippen molar-refractivity contribution >= 4 is 40.1 Å². The quantitative estimate of drug-likeness (QED) is 0.405. The second kappa shape index (κ2) is 8.34. The third-order valence-electron chi connectivity index (χ3n) is 4.30. The number of aromatic nitrogens is 2. The zero-order valence-electron chi connectivity index (χ0n) is 15.7. The minimum absolute atomic E-state index is 0.155. The van der Waals surface area contributed by atoms with E-state index in [1.807, 2.05) is 6.07 Å². The van der Waals surface area contributed by atoms with E-state index in [0.717, 1.165) is 6.07 Å². The summed E-state index contributed by atoms with van der Waals surface area (Å²) in [6.45, 7) is 3.41. The number of amides is 1. The molecule has 0 aliphatic rings. The highest BCUT2D eigenvalue weighted by Crippen LogP contribution is 2.36. The predicted molar refractivity (Wildman–Crippen MR) is 110 cm³/mol. The van der Waals surface area contributed by atoms with Crippen molar-refractivity contribution in [2.24, 2.45) is 0 Å². The van der Waals surface area contributed by atoms with Crippen LogP contribution in [0.1, 0.15) is 22.5 Å². The molecular weight excluding hydrogens is 437 g/mol. The average Bonchev–Trinajstić information content (AvgIpc) is 3.27. The number of nitrogens with zero attached hydrogens (tertiary/aromatic N) is 3. The number of alkyl halides is 3. The van der Waals surface area contributed by atoms with Gasteiger partial charge in [-0.3, -0.25) is 10.1 Å². The Morgan fingerprint density at radius 3 is 2.67 bits per heavy atom. The van der Waals surface area contributed by atoms with Crippen LogP contribution in [0.25, 0.3) is 11.8 Å². The largest absolute Gasteiger partial charge is 0.417 e. The fraction of sp³-hybridized carbons (Fsp3) is 0.150. The van der Waals surface area contributed by atoms with E-state index in [0.29, 0.717) is 22.1 Å². The number of nitriles is 1. The number of rotatable bonds is 4. The van der Waals surface area contributed by atoms with Crippen LogP contribution in [-0.2, 0) is 11.0 Å². The fourth-order valence-corrected chi connectivity index (χ4v) is 3.70.